The molecule has 4 rings (SSSR count). The Morgan fingerprint density at radius 1 is 0.871 bits per heavy atom. The molecule has 31 heavy (non-hydrogen) atoms. The minimum absolute atomic E-state index is 0.0832. The fraction of sp³-hybridized carbons (Fsp3) is 0.130. The van der Waals surface area contributed by atoms with Gasteiger partial charge in [-0.2, -0.15) is 13.2 Å². The molecule has 1 heterocycles. The third-order valence-electron chi connectivity index (χ3n) is 4.86. The first-order chi connectivity index (χ1) is 14.8. The van der Waals surface area contributed by atoms with Gasteiger partial charge >= 0.3 is 6.18 Å². The molecule has 0 aliphatic carbocycles. The van der Waals surface area contributed by atoms with Gasteiger partial charge in [-0.05, 0) is 48.5 Å². The maximum Gasteiger partial charge on any atom is 0.416 e. The number of nitrogens with zero attached hydrogens (tertiary/aromatic N) is 2. The van der Waals surface area contributed by atoms with Gasteiger partial charge in [-0.1, -0.05) is 12.1 Å². The Labute approximate surface area is 175 Å². The zero-order chi connectivity index (χ0) is 22.2. The monoisotopic (exact) mass is 426 g/mol. The molecule has 0 radical (unpaired) electrons. The number of benzene rings is 3. The highest BCUT2D eigenvalue weighted by Gasteiger charge is 2.31. The van der Waals surface area contributed by atoms with Gasteiger partial charge < -0.3 is 9.47 Å². The quantitative estimate of drug-likeness (QED) is 0.456. The Kier molecular flexibility index (Phi) is 5.14. The summed E-state index contributed by atoms with van der Waals surface area (Å²) in [6.45, 7) is 0. The number of rotatable bonds is 4. The summed E-state index contributed by atoms with van der Waals surface area (Å²) in [7, 11) is 3.03. The van der Waals surface area contributed by atoms with Crippen LogP contribution in [0.15, 0.2) is 71.5 Å². The summed E-state index contributed by atoms with van der Waals surface area (Å²) in [5.41, 5.74) is 0.00945. The van der Waals surface area contributed by atoms with E-state index in [1.807, 2.05) is 0 Å². The summed E-state index contributed by atoms with van der Waals surface area (Å²) in [6.07, 6.45) is -4.53. The Balaban J connectivity index is 2.03. The van der Waals surface area contributed by atoms with E-state index >= 15 is 0 Å². The maximum atomic E-state index is 13.4. The van der Waals surface area contributed by atoms with E-state index < -0.39 is 17.3 Å². The molecule has 0 atom stereocenters. The number of halogens is 3. The predicted octanol–water partition coefficient (Wildman–Crippen LogP) is 5.09. The van der Waals surface area contributed by atoms with Crippen LogP contribution in [0.3, 0.4) is 0 Å². The molecule has 0 unspecified atom stereocenters. The summed E-state index contributed by atoms with van der Waals surface area (Å²) >= 11 is 0. The highest BCUT2D eigenvalue weighted by atomic mass is 19.4. The topological polar surface area (TPSA) is 53.4 Å². The molecule has 5 nitrogen and oxygen atoms in total. The van der Waals surface area contributed by atoms with E-state index in [-0.39, 0.29) is 11.3 Å². The van der Waals surface area contributed by atoms with E-state index in [0.29, 0.717) is 28.2 Å². The van der Waals surface area contributed by atoms with E-state index in [1.165, 1.54) is 30.9 Å². The van der Waals surface area contributed by atoms with Crippen molar-refractivity contribution >= 4 is 11.0 Å². The molecule has 1 aromatic heterocycles. The molecular weight excluding hydrogens is 409 g/mol. The molecule has 4 aromatic rings. The second kappa shape index (κ2) is 7.79. The molecule has 0 amide bonds. The fourth-order valence-corrected chi connectivity index (χ4v) is 3.31. The van der Waals surface area contributed by atoms with Gasteiger partial charge in [0.15, 0.2) is 0 Å². The summed E-state index contributed by atoms with van der Waals surface area (Å²) in [6, 6.07) is 16.3. The Morgan fingerprint density at radius 2 is 1.55 bits per heavy atom. The van der Waals surface area contributed by atoms with E-state index in [1.54, 1.807) is 42.5 Å². The number of hydrogen-bond acceptors (Lipinski definition) is 4. The second-order valence-electron chi connectivity index (χ2n) is 6.73. The summed E-state index contributed by atoms with van der Waals surface area (Å²) in [5.74, 6) is 1.12. The summed E-state index contributed by atoms with van der Waals surface area (Å²) in [4.78, 5) is 17.8. The van der Waals surface area contributed by atoms with Crippen LogP contribution in [0.4, 0.5) is 13.2 Å². The molecule has 0 aliphatic rings. The summed E-state index contributed by atoms with van der Waals surface area (Å²) in [5, 5.41) is 0. The minimum Gasteiger partial charge on any atom is -0.497 e. The predicted molar refractivity (Wildman–Crippen MR) is 111 cm³/mol. The van der Waals surface area contributed by atoms with E-state index in [4.69, 9.17) is 9.47 Å². The highest BCUT2D eigenvalue weighted by Crippen LogP contribution is 2.32. The number of fused-ring (bicyclic) bond motifs is 1. The van der Waals surface area contributed by atoms with Gasteiger partial charge in [0.2, 0.25) is 0 Å². The van der Waals surface area contributed by atoms with Crippen LogP contribution in [0.25, 0.3) is 28.0 Å². The maximum absolute atomic E-state index is 13.4. The molecule has 158 valence electrons. The van der Waals surface area contributed by atoms with E-state index in [9.17, 15) is 18.0 Å². The lowest BCUT2D eigenvalue weighted by atomic mass is 10.1. The molecule has 8 heteroatoms. The van der Waals surface area contributed by atoms with E-state index in [0.717, 1.165) is 12.1 Å². The minimum atomic E-state index is -4.53. The Bertz CT molecular complexity index is 1310. The largest absolute Gasteiger partial charge is 0.497 e. The molecule has 0 spiro atoms. The van der Waals surface area contributed by atoms with E-state index in [2.05, 4.69) is 4.98 Å². The van der Waals surface area contributed by atoms with Crippen LogP contribution >= 0.6 is 0 Å². The highest BCUT2D eigenvalue weighted by molar-refractivity contribution is 5.81. The Morgan fingerprint density at radius 3 is 2.19 bits per heavy atom. The van der Waals surface area contributed by atoms with Crippen molar-refractivity contribution in [2.24, 2.45) is 0 Å². The van der Waals surface area contributed by atoms with Crippen molar-refractivity contribution in [3.63, 3.8) is 0 Å². The van der Waals surface area contributed by atoms with Crippen molar-refractivity contribution in [2.45, 2.75) is 6.18 Å². The van der Waals surface area contributed by atoms with Crippen molar-refractivity contribution < 1.29 is 22.6 Å². The van der Waals surface area contributed by atoms with Crippen LogP contribution < -0.4 is 15.0 Å². The first-order valence-corrected chi connectivity index (χ1v) is 9.24. The number of aromatic nitrogens is 2. The van der Waals surface area contributed by atoms with Crippen molar-refractivity contribution in [1.82, 2.24) is 9.55 Å². The number of alkyl halides is 3. The number of hydrogen-bond donors (Lipinski definition) is 0. The smallest absolute Gasteiger partial charge is 0.416 e. The third kappa shape index (κ3) is 3.84. The third-order valence-corrected chi connectivity index (χ3v) is 4.86. The lowest BCUT2D eigenvalue weighted by Gasteiger charge is -2.14. The van der Waals surface area contributed by atoms with Crippen LogP contribution in [0, 0.1) is 0 Å². The number of ether oxygens (including phenoxy) is 2. The van der Waals surface area contributed by atoms with Crippen LogP contribution in [0.1, 0.15) is 5.56 Å². The lowest BCUT2D eigenvalue weighted by Crippen LogP contribution is -2.22. The number of methoxy groups -OCH3 is 2. The zero-order valence-corrected chi connectivity index (χ0v) is 16.6. The normalized spacial score (nSPS) is 11.5. The molecule has 0 aliphatic heterocycles. The molecular formula is C23H17F3N2O3. The van der Waals surface area contributed by atoms with Gasteiger partial charge in [0.25, 0.3) is 5.56 Å². The lowest BCUT2D eigenvalue weighted by molar-refractivity contribution is -0.137. The van der Waals surface area contributed by atoms with Gasteiger partial charge in [-0.15, -0.1) is 0 Å². The second-order valence-corrected chi connectivity index (χ2v) is 6.73. The first-order valence-electron chi connectivity index (χ1n) is 9.24. The molecule has 0 bridgehead atoms. The van der Waals surface area contributed by atoms with Crippen LogP contribution in [0.5, 0.6) is 11.5 Å². The fourth-order valence-electron chi connectivity index (χ4n) is 3.31. The molecule has 3 aromatic carbocycles. The van der Waals surface area contributed by atoms with Crippen LogP contribution in [0.2, 0.25) is 0 Å². The van der Waals surface area contributed by atoms with Crippen LogP contribution in [-0.2, 0) is 6.18 Å². The molecule has 0 fully saturated rings. The Hall–Kier alpha value is -3.81. The van der Waals surface area contributed by atoms with Gasteiger partial charge in [0.1, 0.15) is 17.2 Å². The SMILES string of the molecule is COc1ccc(-n2c(=O)c(-c3cccc(C(F)(F)F)c3)nc3ccc(OC)cc32)cc1. The summed E-state index contributed by atoms with van der Waals surface area (Å²) < 4.78 is 51.5. The van der Waals surface area contributed by atoms with Gasteiger partial charge in [0.05, 0.1) is 30.8 Å². The average Bonchev–Trinajstić information content (AvgIpc) is 2.78. The van der Waals surface area contributed by atoms with Crippen molar-refractivity contribution in [1.29, 1.82) is 0 Å². The van der Waals surface area contributed by atoms with Gasteiger partial charge in [0, 0.05) is 17.3 Å². The van der Waals surface area contributed by atoms with Crippen molar-refractivity contribution in [2.75, 3.05) is 14.2 Å². The first kappa shape index (κ1) is 20.5. The molecule has 0 N–H and O–H groups in total. The van der Waals surface area contributed by atoms with Gasteiger partial charge in [-0.3, -0.25) is 9.36 Å². The molecule has 0 saturated carbocycles. The van der Waals surface area contributed by atoms with Gasteiger partial charge in [-0.25, -0.2) is 4.98 Å². The van der Waals surface area contributed by atoms with Crippen LogP contribution in [-0.4, -0.2) is 23.8 Å². The van der Waals surface area contributed by atoms with Crippen molar-refractivity contribution in [3.05, 3.63) is 82.6 Å². The van der Waals surface area contributed by atoms with Crippen molar-refractivity contribution in [3.8, 4) is 28.4 Å². The standard InChI is InChI=1S/C23H17F3N2O3/c1-30-17-8-6-16(7-9-17)28-20-13-18(31-2)10-11-19(20)27-21(22(28)29)14-4-3-5-15(12-14)23(24,25)26/h3-13H,1-2H3. The average molecular weight is 426 g/mol. The molecule has 0 saturated heterocycles. The zero-order valence-electron chi connectivity index (χ0n) is 16.6.